The molecule has 0 heterocycles. The highest BCUT2D eigenvalue weighted by atomic mass is 16.5. The van der Waals surface area contributed by atoms with Gasteiger partial charge in [0.2, 0.25) is 5.91 Å². The van der Waals surface area contributed by atoms with E-state index in [1.807, 2.05) is 0 Å². The first kappa shape index (κ1) is 12.3. The van der Waals surface area contributed by atoms with E-state index in [0.29, 0.717) is 19.8 Å². The molecule has 0 aliphatic rings. The molecule has 0 spiro atoms. The SMILES string of the molecule is C[C@@H](N)C(=O)NCCCOCCO. The van der Waals surface area contributed by atoms with E-state index < -0.39 is 6.04 Å². The van der Waals surface area contributed by atoms with Crippen LogP contribution in [0.5, 0.6) is 0 Å². The van der Waals surface area contributed by atoms with Gasteiger partial charge in [0.25, 0.3) is 0 Å². The average molecular weight is 190 g/mol. The van der Waals surface area contributed by atoms with Crippen LogP contribution in [-0.2, 0) is 9.53 Å². The molecule has 0 rings (SSSR count). The second kappa shape index (κ2) is 7.97. The fourth-order valence-electron chi connectivity index (χ4n) is 0.713. The fraction of sp³-hybridized carbons (Fsp3) is 0.875. The summed E-state index contributed by atoms with van der Waals surface area (Å²) in [5.74, 6) is -0.151. The van der Waals surface area contributed by atoms with Crippen molar-refractivity contribution in [2.45, 2.75) is 19.4 Å². The summed E-state index contributed by atoms with van der Waals surface area (Å²) in [7, 11) is 0. The van der Waals surface area contributed by atoms with Crippen molar-refractivity contribution >= 4 is 5.91 Å². The Balaban J connectivity index is 3.12. The topological polar surface area (TPSA) is 84.6 Å². The van der Waals surface area contributed by atoms with E-state index in [4.69, 9.17) is 15.6 Å². The number of hydrogen-bond acceptors (Lipinski definition) is 4. The highest BCUT2D eigenvalue weighted by Crippen LogP contribution is 1.81. The molecular formula is C8H18N2O3. The first-order valence-electron chi connectivity index (χ1n) is 4.40. The van der Waals surface area contributed by atoms with Gasteiger partial charge in [-0.15, -0.1) is 0 Å². The quantitative estimate of drug-likeness (QED) is 0.442. The molecule has 0 aromatic rings. The highest BCUT2D eigenvalue weighted by molar-refractivity contribution is 5.80. The number of nitrogens with two attached hydrogens (primary N) is 1. The summed E-state index contributed by atoms with van der Waals surface area (Å²) >= 11 is 0. The molecule has 0 aromatic heterocycles. The van der Waals surface area contributed by atoms with E-state index in [9.17, 15) is 4.79 Å². The van der Waals surface area contributed by atoms with Crippen molar-refractivity contribution < 1.29 is 14.6 Å². The zero-order valence-electron chi connectivity index (χ0n) is 7.95. The Morgan fingerprint density at radius 2 is 2.31 bits per heavy atom. The standard InChI is InChI=1S/C8H18N2O3/c1-7(9)8(12)10-3-2-5-13-6-4-11/h7,11H,2-6,9H2,1H3,(H,10,12)/t7-/m1/s1. The third-order valence-corrected chi connectivity index (χ3v) is 1.41. The van der Waals surface area contributed by atoms with Crippen LogP contribution in [0.2, 0.25) is 0 Å². The van der Waals surface area contributed by atoms with E-state index in [0.717, 1.165) is 6.42 Å². The third-order valence-electron chi connectivity index (χ3n) is 1.41. The van der Waals surface area contributed by atoms with Crippen molar-refractivity contribution in [3.8, 4) is 0 Å². The van der Waals surface area contributed by atoms with Crippen molar-refractivity contribution in [2.24, 2.45) is 5.73 Å². The van der Waals surface area contributed by atoms with Gasteiger partial charge in [-0.1, -0.05) is 0 Å². The van der Waals surface area contributed by atoms with E-state index in [2.05, 4.69) is 5.32 Å². The Bertz CT molecular complexity index is 139. The summed E-state index contributed by atoms with van der Waals surface area (Å²) in [6.45, 7) is 3.12. The lowest BCUT2D eigenvalue weighted by atomic mass is 10.3. The second-order valence-electron chi connectivity index (χ2n) is 2.77. The number of ether oxygens (including phenoxy) is 1. The van der Waals surface area contributed by atoms with Crippen molar-refractivity contribution in [3.63, 3.8) is 0 Å². The minimum absolute atomic E-state index is 0.0339. The number of amides is 1. The van der Waals surface area contributed by atoms with Gasteiger partial charge in [0.05, 0.1) is 19.3 Å². The van der Waals surface area contributed by atoms with Crippen molar-refractivity contribution in [2.75, 3.05) is 26.4 Å². The third kappa shape index (κ3) is 7.70. The minimum atomic E-state index is -0.460. The number of carbonyl (C=O) groups excluding carboxylic acids is 1. The van der Waals surface area contributed by atoms with Crippen LogP contribution in [0.4, 0.5) is 0 Å². The Morgan fingerprint density at radius 3 is 2.85 bits per heavy atom. The first-order valence-corrected chi connectivity index (χ1v) is 4.40. The molecule has 0 saturated heterocycles. The van der Waals surface area contributed by atoms with Gasteiger partial charge in [0.15, 0.2) is 0 Å². The largest absolute Gasteiger partial charge is 0.394 e. The molecule has 0 aliphatic carbocycles. The van der Waals surface area contributed by atoms with Crippen LogP contribution in [0.25, 0.3) is 0 Å². The molecule has 0 aliphatic heterocycles. The molecule has 5 nitrogen and oxygen atoms in total. The lowest BCUT2D eigenvalue weighted by molar-refractivity contribution is -0.122. The van der Waals surface area contributed by atoms with Crippen molar-refractivity contribution in [1.82, 2.24) is 5.32 Å². The number of carbonyl (C=O) groups is 1. The Labute approximate surface area is 78.3 Å². The lowest BCUT2D eigenvalue weighted by Crippen LogP contribution is -2.38. The molecule has 1 amide bonds. The maximum atomic E-state index is 10.9. The van der Waals surface area contributed by atoms with Gasteiger partial charge in [-0.05, 0) is 13.3 Å². The number of nitrogens with one attached hydrogen (secondary N) is 1. The molecule has 0 bridgehead atoms. The average Bonchev–Trinajstić information content (AvgIpc) is 2.10. The van der Waals surface area contributed by atoms with Crippen LogP contribution in [0, 0.1) is 0 Å². The highest BCUT2D eigenvalue weighted by Gasteiger charge is 2.04. The number of rotatable bonds is 7. The number of aliphatic hydroxyl groups excluding tert-OH is 1. The molecule has 0 fully saturated rings. The monoisotopic (exact) mass is 190 g/mol. The van der Waals surface area contributed by atoms with Crippen LogP contribution in [-0.4, -0.2) is 43.4 Å². The summed E-state index contributed by atoms with van der Waals surface area (Å²) in [6.07, 6.45) is 0.735. The van der Waals surface area contributed by atoms with Gasteiger partial charge in [0.1, 0.15) is 0 Å². The maximum Gasteiger partial charge on any atom is 0.236 e. The molecule has 78 valence electrons. The van der Waals surface area contributed by atoms with Crippen LogP contribution < -0.4 is 11.1 Å². The normalized spacial score (nSPS) is 12.5. The van der Waals surface area contributed by atoms with Crippen molar-refractivity contribution in [1.29, 1.82) is 0 Å². The van der Waals surface area contributed by atoms with Gasteiger partial charge >= 0.3 is 0 Å². The zero-order chi connectivity index (χ0) is 10.1. The molecule has 0 radical (unpaired) electrons. The molecule has 0 aromatic carbocycles. The molecule has 1 atom stereocenters. The Hall–Kier alpha value is -0.650. The van der Waals surface area contributed by atoms with Crippen LogP contribution in [0.15, 0.2) is 0 Å². The predicted octanol–water partition coefficient (Wildman–Crippen LogP) is -1.15. The summed E-state index contributed by atoms with van der Waals surface area (Å²) in [6, 6.07) is -0.460. The van der Waals surface area contributed by atoms with Crippen molar-refractivity contribution in [3.05, 3.63) is 0 Å². The summed E-state index contributed by atoms with van der Waals surface area (Å²) in [4.78, 5) is 10.9. The number of aliphatic hydroxyl groups is 1. The minimum Gasteiger partial charge on any atom is -0.394 e. The van der Waals surface area contributed by atoms with Gasteiger partial charge < -0.3 is 20.9 Å². The van der Waals surface area contributed by atoms with E-state index in [1.54, 1.807) is 6.92 Å². The first-order chi connectivity index (χ1) is 6.18. The van der Waals surface area contributed by atoms with Crippen LogP contribution >= 0.6 is 0 Å². The Kier molecular flexibility index (Phi) is 7.57. The van der Waals surface area contributed by atoms with E-state index in [-0.39, 0.29) is 12.5 Å². The van der Waals surface area contributed by atoms with Crippen LogP contribution in [0.3, 0.4) is 0 Å². The molecule has 0 unspecified atom stereocenters. The molecule has 5 heteroatoms. The fourth-order valence-corrected chi connectivity index (χ4v) is 0.713. The summed E-state index contributed by atoms with van der Waals surface area (Å²) in [5.41, 5.74) is 5.32. The van der Waals surface area contributed by atoms with Gasteiger partial charge in [-0.25, -0.2) is 0 Å². The van der Waals surface area contributed by atoms with Gasteiger partial charge in [0, 0.05) is 13.2 Å². The second-order valence-corrected chi connectivity index (χ2v) is 2.77. The lowest BCUT2D eigenvalue weighted by Gasteiger charge is -2.07. The van der Waals surface area contributed by atoms with E-state index >= 15 is 0 Å². The zero-order valence-corrected chi connectivity index (χ0v) is 7.95. The molecular weight excluding hydrogens is 172 g/mol. The summed E-state index contributed by atoms with van der Waals surface area (Å²) < 4.78 is 4.99. The molecule has 13 heavy (non-hydrogen) atoms. The summed E-state index contributed by atoms with van der Waals surface area (Å²) in [5, 5.41) is 11.0. The van der Waals surface area contributed by atoms with E-state index in [1.165, 1.54) is 0 Å². The maximum absolute atomic E-state index is 10.9. The van der Waals surface area contributed by atoms with Gasteiger partial charge in [-0.2, -0.15) is 0 Å². The van der Waals surface area contributed by atoms with Gasteiger partial charge in [-0.3, -0.25) is 4.79 Å². The van der Waals surface area contributed by atoms with Crippen LogP contribution in [0.1, 0.15) is 13.3 Å². The molecule has 4 N–H and O–H groups in total. The number of hydrogen-bond donors (Lipinski definition) is 3. The smallest absolute Gasteiger partial charge is 0.236 e. The Morgan fingerprint density at radius 1 is 1.62 bits per heavy atom. The predicted molar refractivity (Wildman–Crippen MR) is 49.2 cm³/mol. The molecule has 0 saturated carbocycles.